The Hall–Kier alpha value is -1.87. The second kappa shape index (κ2) is 5.19. The summed E-state index contributed by atoms with van der Waals surface area (Å²) in [6.07, 6.45) is 0. The second-order valence-corrected chi connectivity index (χ2v) is 4.36. The van der Waals surface area contributed by atoms with Gasteiger partial charge in [0.05, 0.1) is 0 Å². The van der Waals surface area contributed by atoms with E-state index in [9.17, 15) is 9.18 Å². The van der Waals surface area contributed by atoms with Crippen LogP contribution in [0.25, 0.3) is 0 Å². The van der Waals surface area contributed by atoms with E-state index < -0.39 is 0 Å². The number of benzene rings is 2. The second-order valence-electron chi connectivity index (χ2n) is 3.92. The molecule has 1 amide bonds. The summed E-state index contributed by atoms with van der Waals surface area (Å²) < 4.78 is 13.1. The van der Waals surface area contributed by atoms with Crippen LogP contribution in [0.4, 0.5) is 10.1 Å². The van der Waals surface area contributed by atoms with E-state index in [1.165, 1.54) is 12.1 Å². The minimum atomic E-state index is -0.387. The molecule has 2 aromatic rings. The molecule has 0 unspecified atom stereocenters. The van der Waals surface area contributed by atoms with Crippen LogP contribution in [0.15, 0.2) is 42.5 Å². The molecular weight excluding hydrogens is 253 g/mol. The largest absolute Gasteiger partial charge is 0.322 e. The minimum Gasteiger partial charge on any atom is -0.322 e. The molecule has 0 heterocycles. The van der Waals surface area contributed by atoms with E-state index in [-0.39, 0.29) is 11.7 Å². The minimum absolute atomic E-state index is 0.314. The van der Waals surface area contributed by atoms with Gasteiger partial charge >= 0.3 is 0 Å². The first kappa shape index (κ1) is 12.6. The summed E-state index contributed by atoms with van der Waals surface area (Å²) in [5.74, 6) is -0.701. The lowest BCUT2D eigenvalue weighted by atomic mass is 10.1. The predicted octanol–water partition coefficient (Wildman–Crippen LogP) is 4.04. The number of amides is 1. The van der Waals surface area contributed by atoms with Gasteiger partial charge in [-0.2, -0.15) is 0 Å². The number of carbonyl (C=O) groups is 1. The zero-order valence-electron chi connectivity index (χ0n) is 9.71. The first-order chi connectivity index (χ1) is 8.56. The van der Waals surface area contributed by atoms with Crippen molar-refractivity contribution in [2.45, 2.75) is 6.92 Å². The third kappa shape index (κ3) is 2.87. The van der Waals surface area contributed by atoms with E-state index in [1.807, 2.05) is 0 Å². The molecule has 0 atom stereocenters. The SMILES string of the molecule is Cc1ccc(F)cc1NC(=O)c1cccc(Cl)c1. The van der Waals surface area contributed by atoms with Crippen LogP contribution >= 0.6 is 11.6 Å². The van der Waals surface area contributed by atoms with Crippen molar-refractivity contribution < 1.29 is 9.18 Å². The highest BCUT2D eigenvalue weighted by Gasteiger charge is 2.08. The molecule has 2 nitrogen and oxygen atoms in total. The van der Waals surface area contributed by atoms with Crippen molar-refractivity contribution in [3.63, 3.8) is 0 Å². The van der Waals surface area contributed by atoms with E-state index in [2.05, 4.69) is 5.32 Å². The highest BCUT2D eigenvalue weighted by molar-refractivity contribution is 6.31. The van der Waals surface area contributed by atoms with E-state index >= 15 is 0 Å². The molecule has 4 heteroatoms. The number of hydrogen-bond acceptors (Lipinski definition) is 1. The van der Waals surface area contributed by atoms with Gasteiger partial charge < -0.3 is 5.32 Å². The third-order valence-electron chi connectivity index (χ3n) is 2.53. The summed E-state index contributed by atoms with van der Waals surface area (Å²) in [6, 6.07) is 10.8. The molecule has 2 aromatic carbocycles. The van der Waals surface area contributed by atoms with Crippen molar-refractivity contribution in [2.24, 2.45) is 0 Å². The predicted molar refractivity (Wildman–Crippen MR) is 70.5 cm³/mol. The van der Waals surface area contributed by atoms with Crippen LogP contribution in [-0.4, -0.2) is 5.91 Å². The van der Waals surface area contributed by atoms with Crippen LogP contribution in [0.5, 0.6) is 0 Å². The molecule has 0 fully saturated rings. The van der Waals surface area contributed by atoms with Gasteiger partial charge in [-0.15, -0.1) is 0 Å². The maximum Gasteiger partial charge on any atom is 0.255 e. The average molecular weight is 264 g/mol. The third-order valence-corrected chi connectivity index (χ3v) is 2.77. The molecule has 0 spiro atoms. The normalized spacial score (nSPS) is 10.2. The Balaban J connectivity index is 2.24. The van der Waals surface area contributed by atoms with Crippen molar-refractivity contribution in [3.05, 3.63) is 64.4 Å². The van der Waals surface area contributed by atoms with Gasteiger partial charge in [0.25, 0.3) is 5.91 Å². The van der Waals surface area contributed by atoms with Gasteiger partial charge in [-0.25, -0.2) is 4.39 Å². The lowest BCUT2D eigenvalue weighted by Crippen LogP contribution is -2.12. The first-order valence-corrected chi connectivity index (χ1v) is 5.77. The van der Waals surface area contributed by atoms with Gasteiger partial charge in [-0.05, 0) is 42.8 Å². The van der Waals surface area contributed by atoms with Crippen LogP contribution in [-0.2, 0) is 0 Å². The molecule has 0 aromatic heterocycles. The van der Waals surface area contributed by atoms with Gasteiger partial charge in [-0.1, -0.05) is 23.7 Å². The Morgan fingerprint density at radius 1 is 1.22 bits per heavy atom. The van der Waals surface area contributed by atoms with Gasteiger partial charge in [0.2, 0.25) is 0 Å². The van der Waals surface area contributed by atoms with Crippen LogP contribution in [0, 0.1) is 12.7 Å². The van der Waals surface area contributed by atoms with Crippen molar-refractivity contribution >= 4 is 23.2 Å². The zero-order chi connectivity index (χ0) is 13.1. The fourth-order valence-corrected chi connectivity index (χ4v) is 1.74. The number of carbonyl (C=O) groups excluding carboxylic acids is 1. The molecule has 92 valence electrons. The Morgan fingerprint density at radius 3 is 2.72 bits per heavy atom. The molecule has 2 rings (SSSR count). The van der Waals surface area contributed by atoms with Crippen LogP contribution in [0.3, 0.4) is 0 Å². The maximum absolute atomic E-state index is 13.1. The topological polar surface area (TPSA) is 29.1 Å². The average Bonchev–Trinajstić information content (AvgIpc) is 2.34. The van der Waals surface area contributed by atoms with Gasteiger partial charge in [-0.3, -0.25) is 4.79 Å². The Morgan fingerprint density at radius 2 is 2.00 bits per heavy atom. The fraction of sp³-hybridized carbons (Fsp3) is 0.0714. The number of halogens is 2. The summed E-state index contributed by atoms with van der Waals surface area (Å²) in [5.41, 5.74) is 1.69. The van der Waals surface area contributed by atoms with Crippen molar-refractivity contribution in [1.82, 2.24) is 0 Å². The molecule has 1 N–H and O–H groups in total. The van der Waals surface area contributed by atoms with Crippen molar-refractivity contribution in [2.75, 3.05) is 5.32 Å². The van der Waals surface area contributed by atoms with Gasteiger partial charge in [0.1, 0.15) is 5.82 Å². The fourth-order valence-electron chi connectivity index (χ4n) is 1.55. The maximum atomic E-state index is 13.1. The lowest BCUT2D eigenvalue weighted by molar-refractivity contribution is 0.102. The molecule has 18 heavy (non-hydrogen) atoms. The van der Waals surface area contributed by atoms with E-state index in [0.29, 0.717) is 16.3 Å². The number of aryl methyl sites for hydroxylation is 1. The lowest BCUT2D eigenvalue weighted by Gasteiger charge is -2.08. The quantitative estimate of drug-likeness (QED) is 0.870. The molecule has 0 radical (unpaired) electrons. The summed E-state index contributed by atoms with van der Waals surface area (Å²) in [5, 5.41) is 3.14. The van der Waals surface area contributed by atoms with Gasteiger partial charge in [0.15, 0.2) is 0 Å². The molecular formula is C14H11ClFNO. The van der Waals surface area contributed by atoms with Crippen LogP contribution < -0.4 is 5.32 Å². The van der Waals surface area contributed by atoms with E-state index in [4.69, 9.17) is 11.6 Å². The number of rotatable bonds is 2. The molecule has 0 aliphatic rings. The van der Waals surface area contributed by atoms with Gasteiger partial charge in [0, 0.05) is 16.3 Å². The number of nitrogens with one attached hydrogen (secondary N) is 1. The highest BCUT2D eigenvalue weighted by atomic mass is 35.5. The molecule has 0 bridgehead atoms. The smallest absolute Gasteiger partial charge is 0.255 e. The first-order valence-electron chi connectivity index (χ1n) is 5.39. The summed E-state index contributed by atoms with van der Waals surface area (Å²) in [4.78, 5) is 11.9. The number of hydrogen-bond donors (Lipinski definition) is 1. The highest BCUT2D eigenvalue weighted by Crippen LogP contribution is 2.18. The summed E-state index contributed by atoms with van der Waals surface area (Å²) >= 11 is 5.81. The van der Waals surface area contributed by atoms with E-state index in [0.717, 1.165) is 5.56 Å². The molecule has 0 aliphatic heterocycles. The van der Waals surface area contributed by atoms with E-state index in [1.54, 1.807) is 37.3 Å². The standard InChI is InChI=1S/C14H11ClFNO/c1-9-5-6-12(16)8-13(9)17-14(18)10-3-2-4-11(15)7-10/h2-8H,1H3,(H,17,18). The molecule has 0 saturated carbocycles. The molecule has 0 saturated heterocycles. The van der Waals surface area contributed by atoms with Crippen molar-refractivity contribution in [1.29, 1.82) is 0 Å². The zero-order valence-corrected chi connectivity index (χ0v) is 10.5. The Labute approximate surface area is 109 Å². The summed E-state index contributed by atoms with van der Waals surface area (Å²) in [6.45, 7) is 1.80. The van der Waals surface area contributed by atoms with Crippen LogP contribution in [0.2, 0.25) is 5.02 Å². The van der Waals surface area contributed by atoms with Crippen molar-refractivity contribution in [3.8, 4) is 0 Å². The molecule has 0 aliphatic carbocycles. The van der Waals surface area contributed by atoms with Crippen LogP contribution in [0.1, 0.15) is 15.9 Å². The monoisotopic (exact) mass is 263 g/mol. The summed E-state index contributed by atoms with van der Waals surface area (Å²) in [7, 11) is 0. The Kier molecular flexibility index (Phi) is 3.63. The number of anilines is 1. The Bertz CT molecular complexity index is 598.